The normalized spacial score (nSPS) is 11.0. The van der Waals surface area contributed by atoms with Crippen LogP contribution in [-0.2, 0) is 0 Å². The number of furan rings is 1. The summed E-state index contributed by atoms with van der Waals surface area (Å²) >= 11 is 0. The Kier molecular flexibility index (Phi) is 3.05. The third-order valence-corrected chi connectivity index (χ3v) is 3.65. The van der Waals surface area contributed by atoms with Gasteiger partial charge in [0.25, 0.3) is 5.91 Å². The molecule has 2 aromatic heterocycles. The summed E-state index contributed by atoms with van der Waals surface area (Å²) < 4.78 is 5.82. The number of amides is 1. The monoisotopic (exact) mass is 303 g/mol. The molecule has 1 amide bonds. The fourth-order valence-corrected chi connectivity index (χ4v) is 2.51. The van der Waals surface area contributed by atoms with Crippen LogP contribution < -0.4 is 5.32 Å². The van der Waals surface area contributed by atoms with Gasteiger partial charge in [0, 0.05) is 28.7 Å². The Hall–Kier alpha value is -3.21. The molecule has 5 nitrogen and oxygen atoms in total. The third-order valence-electron chi connectivity index (χ3n) is 3.65. The first kappa shape index (κ1) is 13.5. The number of nitrogens with one attached hydrogen (secondary N) is 1. The minimum absolute atomic E-state index is 0.278. The molecule has 0 radical (unpaired) electrons. The molecule has 0 fully saturated rings. The summed E-state index contributed by atoms with van der Waals surface area (Å²) in [5, 5.41) is 4.89. The molecule has 0 bridgehead atoms. The Bertz CT molecular complexity index is 1020. The van der Waals surface area contributed by atoms with E-state index < -0.39 is 0 Å². The Morgan fingerprint density at radius 3 is 2.65 bits per heavy atom. The summed E-state index contributed by atoms with van der Waals surface area (Å²) in [6, 6.07) is 13.5. The highest BCUT2D eigenvalue weighted by Crippen LogP contribution is 2.30. The molecular weight excluding hydrogens is 290 g/mol. The van der Waals surface area contributed by atoms with Crippen molar-refractivity contribution in [2.24, 2.45) is 0 Å². The molecule has 112 valence electrons. The number of carbonyl (C=O) groups excluding carboxylic acids is 1. The standard InChI is InChI=1S/C18H13N3O2/c1-11-9-20-15(10-19-11)18(22)21-12-6-7-14-13-4-2-3-5-16(13)23-17(14)8-12/h2-10H,1H3,(H,21,22). The van der Waals surface area contributed by atoms with E-state index in [1.54, 1.807) is 6.20 Å². The van der Waals surface area contributed by atoms with Gasteiger partial charge in [0.05, 0.1) is 11.9 Å². The Labute approximate surface area is 132 Å². The molecule has 0 saturated carbocycles. The van der Waals surface area contributed by atoms with Crippen LogP contribution in [-0.4, -0.2) is 15.9 Å². The zero-order chi connectivity index (χ0) is 15.8. The smallest absolute Gasteiger partial charge is 0.275 e. The molecule has 0 saturated heterocycles. The number of anilines is 1. The van der Waals surface area contributed by atoms with Gasteiger partial charge in [-0.2, -0.15) is 0 Å². The highest BCUT2D eigenvalue weighted by Gasteiger charge is 2.11. The second-order valence-electron chi connectivity index (χ2n) is 5.31. The van der Waals surface area contributed by atoms with Crippen LogP contribution >= 0.6 is 0 Å². The van der Waals surface area contributed by atoms with Crippen LogP contribution in [0.15, 0.2) is 59.3 Å². The number of hydrogen-bond acceptors (Lipinski definition) is 4. The van der Waals surface area contributed by atoms with Crippen molar-refractivity contribution in [1.29, 1.82) is 0 Å². The van der Waals surface area contributed by atoms with Gasteiger partial charge in [0.15, 0.2) is 0 Å². The van der Waals surface area contributed by atoms with Crippen molar-refractivity contribution >= 4 is 33.5 Å². The lowest BCUT2D eigenvalue weighted by Gasteiger charge is -2.04. The zero-order valence-electron chi connectivity index (χ0n) is 12.4. The molecule has 4 aromatic rings. The van der Waals surface area contributed by atoms with Crippen LogP contribution in [0.5, 0.6) is 0 Å². The molecule has 0 aliphatic rings. The average molecular weight is 303 g/mol. The molecular formula is C18H13N3O2. The number of fused-ring (bicyclic) bond motifs is 3. The number of carbonyl (C=O) groups is 1. The molecule has 0 unspecified atom stereocenters. The van der Waals surface area contributed by atoms with Gasteiger partial charge in [-0.3, -0.25) is 9.78 Å². The van der Waals surface area contributed by atoms with Crippen LogP contribution in [0.3, 0.4) is 0 Å². The number of rotatable bonds is 2. The second kappa shape index (κ2) is 5.21. The van der Waals surface area contributed by atoms with Gasteiger partial charge in [-0.05, 0) is 25.1 Å². The van der Waals surface area contributed by atoms with Crippen LogP contribution in [0.25, 0.3) is 21.9 Å². The molecule has 0 atom stereocenters. The first-order valence-electron chi connectivity index (χ1n) is 7.22. The van der Waals surface area contributed by atoms with E-state index in [4.69, 9.17) is 4.42 Å². The molecule has 0 aliphatic carbocycles. The Morgan fingerprint density at radius 1 is 1.00 bits per heavy atom. The van der Waals surface area contributed by atoms with Crippen molar-refractivity contribution in [1.82, 2.24) is 9.97 Å². The largest absolute Gasteiger partial charge is 0.456 e. The summed E-state index contributed by atoms with van der Waals surface area (Å²) in [4.78, 5) is 20.3. The summed E-state index contributed by atoms with van der Waals surface area (Å²) in [6.45, 7) is 1.82. The first-order chi connectivity index (χ1) is 11.2. The van der Waals surface area contributed by atoms with Gasteiger partial charge in [-0.15, -0.1) is 0 Å². The predicted molar refractivity (Wildman–Crippen MR) is 88.4 cm³/mol. The van der Waals surface area contributed by atoms with Crippen molar-refractivity contribution < 1.29 is 9.21 Å². The van der Waals surface area contributed by atoms with Gasteiger partial charge in [0.2, 0.25) is 0 Å². The van der Waals surface area contributed by atoms with Crippen molar-refractivity contribution in [3.8, 4) is 0 Å². The maximum Gasteiger partial charge on any atom is 0.275 e. The van der Waals surface area contributed by atoms with Gasteiger partial charge in [-0.1, -0.05) is 18.2 Å². The predicted octanol–water partition coefficient (Wildman–Crippen LogP) is 3.94. The number of aryl methyl sites for hydroxylation is 1. The second-order valence-corrected chi connectivity index (χ2v) is 5.31. The number of nitrogens with zero attached hydrogens (tertiary/aromatic N) is 2. The quantitative estimate of drug-likeness (QED) is 0.609. The van der Waals surface area contributed by atoms with Crippen molar-refractivity contribution in [2.45, 2.75) is 6.92 Å². The Balaban J connectivity index is 1.67. The van der Waals surface area contributed by atoms with Crippen LogP contribution in [0.4, 0.5) is 5.69 Å². The van der Waals surface area contributed by atoms with Gasteiger partial charge in [0.1, 0.15) is 16.9 Å². The summed E-state index contributed by atoms with van der Waals surface area (Å²) in [7, 11) is 0. The van der Waals surface area contributed by atoms with Crippen LogP contribution in [0.1, 0.15) is 16.2 Å². The fourth-order valence-electron chi connectivity index (χ4n) is 2.51. The van der Waals surface area contributed by atoms with E-state index in [2.05, 4.69) is 15.3 Å². The molecule has 0 spiro atoms. The van der Waals surface area contributed by atoms with Gasteiger partial charge < -0.3 is 9.73 Å². The van der Waals surface area contributed by atoms with Gasteiger partial charge in [-0.25, -0.2) is 4.98 Å². The number of benzene rings is 2. The Morgan fingerprint density at radius 2 is 1.83 bits per heavy atom. The number of aromatic nitrogens is 2. The minimum Gasteiger partial charge on any atom is -0.456 e. The lowest BCUT2D eigenvalue weighted by molar-refractivity contribution is 0.102. The minimum atomic E-state index is -0.298. The van der Waals surface area contributed by atoms with E-state index in [1.807, 2.05) is 49.4 Å². The van der Waals surface area contributed by atoms with E-state index in [0.717, 1.165) is 27.6 Å². The molecule has 1 N–H and O–H groups in total. The SMILES string of the molecule is Cc1cnc(C(=O)Nc2ccc3c(c2)oc2ccccc23)cn1. The van der Waals surface area contributed by atoms with Gasteiger partial charge >= 0.3 is 0 Å². The molecule has 5 heteroatoms. The van der Waals surface area contributed by atoms with E-state index in [0.29, 0.717) is 5.69 Å². The van der Waals surface area contributed by atoms with Crippen molar-refractivity contribution in [3.63, 3.8) is 0 Å². The highest BCUT2D eigenvalue weighted by atomic mass is 16.3. The van der Waals surface area contributed by atoms with Crippen LogP contribution in [0, 0.1) is 6.92 Å². The maximum atomic E-state index is 12.2. The van der Waals surface area contributed by atoms with Crippen molar-refractivity contribution in [3.05, 3.63) is 66.2 Å². The molecule has 4 rings (SSSR count). The third kappa shape index (κ3) is 2.42. The van der Waals surface area contributed by atoms with E-state index >= 15 is 0 Å². The van der Waals surface area contributed by atoms with Crippen molar-refractivity contribution in [2.75, 3.05) is 5.32 Å². The topological polar surface area (TPSA) is 68.0 Å². The summed E-state index contributed by atoms with van der Waals surface area (Å²) in [5.74, 6) is -0.298. The lowest BCUT2D eigenvalue weighted by atomic mass is 10.1. The first-order valence-corrected chi connectivity index (χ1v) is 7.22. The number of para-hydroxylation sites is 1. The molecule has 2 heterocycles. The maximum absolute atomic E-state index is 12.2. The van der Waals surface area contributed by atoms with Crippen LogP contribution in [0.2, 0.25) is 0 Å². The summed E-state index contributed by atoms with van der Waals surface area (Å²) in [5.41, 5.74) is 3.27. The highest BCUT2D eigenvalue weighted by molar-refractivity contribution is 6.07. The zero-order valence-corrected chi connectivity index (χ0v) is 12.4. The fraction of sp³-hybridized carbons (Fsp3) is 0.0556. The average Bonchev–Trinajstić information content (AvgIpc) is 2.93. The molecule has 2 aromatic carbocycles. The summed E-state index contributed by atoms with van der Waals surface area (Å²) in [6.07, 6.45) is 3.03. The lowest BCUT2D eigenvalue weighted by Crippen LogP contribution is -2.14. The molecule has 0 aliphatic heterocycles. The van der Waals surface area contributed by atoms with E-state index in [1.165, 1.54) is 6.20 Å². The van der Waals surface area contributed by atoms with E-state index in [9.17, 15) is 4.79 Å². The molecule has 23 heavy (non-hydrogen) atoms. The number of hydrogen-bond donors (Lipinski definition) is 1. The van der Waals surface area contributed by atoms with E-state index in [-0.39, 0.29) is 11.6 Å².